The number of para-hydroxylation sites is 2. The molecular formula is C70H69ClN4. The van der Waals surface area contributed by atoms with Crippen LogP contribution in [0.1, 0.15) is 105 Å². The standard InChI is InChI=1S/C70H69ClN4/c1-67(2,3)46-29-33-59-60-34-30-47(68(4,5)6)38-64(60)74(63(59)37-46)55-27-19-25-53(43-55)73(58-42-50(71)41-57(45-58)72(51-21-15-13-16-22-51)52-23-17-14-18-24-52)54-26-20-28-56(44-54)75-65-39-48(69(7,8)9)31-35-61(65)62-36-32-49(40-66(62)75)70(10,11)12/h13-45H,1-12H3. The molecule has 0 aliphatic rings. The molecule has 2 aromatic heterocycles. The first-order valence-corrected chi connectivity index (χ1v) is 26.9. The van der Waals surface area contributed by atoms with Crippen molar-refractivity contribution in [1.29, 1.82) is 0 Å². The minimum Gasteiger partial charge on any atom is -0.310 e. The lowest BCUT2D eigenvalue weighted by atomic mass is 9.86. The van der Waals surface area contributed by atoms with Crippen molar-refractivity contribution >= 4 is 89.3 Å². The number of benzene rings is 9. The Kier molecular flexibility index (Phi) is 12.2. The van der Waals surface area contributed by atoms with Gasteiger partial charge in [-0.05, 0) is 147 Å². The molecule has 0 bridgehead atoms. The molecule has 0 fully saturated rings. The third-order valence-corrected chi connectivity index (χ3v) is 15.3. The van der Waals surface area contributed by atoms with Crippen LogP contribution in [0.2, 0.25) is 5.02 Å². The molecule has 0 atom stereocenters. The molecule has 4 nitrogen and oxygen atoms in total. The summed E-state index contributed by atoms with van der Waals surface area (Å²) in [5.41, 5.74) is 17.9. The molecular weight excluding hydrogens is 932 g/mol. The molecule has 11 aromatic rings. The van der Waals surface area contributed by atoms with Crippen molar-refractivity contribution in [2.75, 3.05) is 9.80 Å². The van der Waals surface area contributed by atoms with Gasteiger partial charge in [-0.3, -0.25) is 0 Å². The van der Waals surface area contributed by atoms with E-state index in [2.05, 4.69) is 302 Å². The van der Waals surface area contributed by atoms with Crippen LogP contribution in [0.4, 0.5) is 34.1 Å². The summed E-state index contributed by atoms with van der Waals surface area (Å²) in [6, 6.07) is 73.9. The number of rotatable bonds is 8. The predicted molar refractivity (Wildman–Crippen MR) is 324 cm³/mol. The number of nitrogens with zero attached hydrogens (tertiary/aromatic N) is 4. The largest absolute Gasteiger partial charge is 0.310 e. The number of hydrogen-bond acceptors (Lipinski definition) is 2. The summed E-state index contributed by atoms with van der Waals surface area (Å²) in [6.07, 6.45) is 0. The molecule has 0 N–H and O–H groups in total. The third-order valence-electron chi connectivity index (χ3n) is 15.1. The maximum Gasteiger partial charge on any atom is 0.0544 e. The number of halogens is 1. The summed E-state index contributed by atoms with van der Waals surface area (Å²) in [4.78, 5) is 4.68. The van der Waals surface area contributed by atoms with E-state index in [1.807, 2.05) is 0 Å². The highest BCUT2D eigenvalue weighted by molar-refractivity contribution is 6.31. The van der Waals surface area contributed by atoms with Crippen molar-refractivity contribution in [3.05, 3.63) is 227 Å². The Morgan fingerprint density at radius 2 is 0.573 bits per heavy atom. The van der Waals surface area contributed by atoms with Crippen LogP contribution in [-0.2, 0) is 21.7 Å². The van der Waals surface area contributed by atoms with Gasteiger partial charge in [0.15, 0.2) is 0 Å². The van der Waals surface area contributed by atoms with E-state index in [1.165, 1.54) is 65.9 Å². The van der Waals surface area contributed by atoms with Crippen LogP contribution < -0.4 is 9.80 Å². The molecule has 75 heavy (non-hydrogen) atoms. The van der Waals surface area contributed by atoms with Gasteiger partial charge in [-0.25, -0.2) is 0 Å². The zero-order valence-corrected chi connectivity index (χ0v) is 46.5. The molecule has 9 aromatic carbocycles. The molecule has 0 radical (unpaired) electrons. The van der Waals surface area contributed by atoms with Crippen molar-refractivity contribution in [1.82, 2.24) is 9.13 Å². The molecule has 0 aliphatic heterocycles. The predicted octanol–water partition coefficient (Wildman–Crippen LogP) is 20.7. The SMILES string of the molecule is CC(C)(C)c1ccc2c3ccc(C(C)(C)C)cc3n(-c3cccc(N(c4cc(Cl)cc(N(c5ccccc5)c5ccccc5)c4)c4cccc(-n5c6cc(C(C)(C)C)ccc6c6ccc(C(C)(C)C)cc65)c4)c3)c2c1. The van der Waals surface area contributed by atoms with E-state index in [4.69, 9.17) is 11.6 Å². The molecule has 0 spiro atoms. The second-order valence-electron chi connectivity index (χ2n) is 24.6. The minimum atomic E-state index is -0.0353. The van der Waals surface area contributed by atoms with Crippen LogP contribution in [0.15, 0.2) is 200 Å². The van der Waals surface area contributed by atoms with Gasteiger partial charge in [0.05, 0.1) is 22.1 Å². The Morgan fingerprint density at radius 1 is 0.280 bits per heavy atom. The summed E-state index contributed by atoms with van der Waals surface area (Å²) in [5.74, 6) is 0. The highest BCUT2D eigenvalue weighted by Crippen LogP contribution is 2.46. The van der Waals surface area contributed by atoms with Crippen molar-refractivity contribution in [3.63, 3.8) is 0 Å². The molecule has 5 heteroatoms. The van der Waals surface area contributed by atoms with Gasteiger partial charge in [0.2, 0.25) is 0 Å². The minimum absolute atomic E-state index is 0.0353. The van der Waals surface area contributed by atoms with E-state index in [9.17, 15) is 0 Å². The van der Waals surface area contributed by atoms with Crippen LogP contribution in [0.25, 0.3) is 55.0 Å². The molecule has 0 saturated heterocycles. The summed E-state index contributed by atoms with van der Waals surface area (Å²) < 4.78 is 4.97. The molecule has 0 amide bonds. The molecule has 0 saturated carbocycles. The van der Waals surface area contributed by atoms with Gasteiger partial charge in [-0.15, -0.1) is 0 Å². The Labute approximate surface area is 449 Å². The molecule has 0 aliphatic carbocycles. The maximum atomic E-state index is 7.42. The summed E-state index contributed by atoms with van der Waals surface area (Å²) in [7, 11) is 0. The number of anilines is 6. The second kappa shape index (κ2) is 18.4. The Bertz CT molecular complexity index is 3570. The zero-order valence-electron chi connectivity index (χ0n) is 45.7. The van der Waals surface area contributed by atoms with Crippen molar-refractivity contribution in [2.45, 2.75) is 105 Å². The fourth-order valence-corrected chi connectivity index (χ4v) is 11.1. The first-order valence-electron chi connectivity index (χ1n) is 26.5. The van der Waals surface area contributed by atoms with E-state index in [0.29, 0.717) is 5.02 Å². The van der Waals surface area contributed by atoms with Gasteiger partial charge >= 0.3 is 0 Å². The van der Waals surface area contributed by atoms with E-state index >= 15 is 0 Å². The monoisotopic (exact) mass is 1000 g/mol. The molecule has 376 valence electrons. The first-order chi connectivity index (χ1) is 35.6. The van der Waals surface area contributed by atoms with E-state index in [1.54, 1.807) is 0 Å². The van der Waals surface area contributed by atoms with E-state index in [-0.39, 0.29) is 21.7 Å². The van der Waals surface area contributed by atoms with Gasteiger partial charge in [0.25, 0.3) is 0 Å². The second-order valence-corrected chi connectivity index (χ2v) is 25.1. The average molecular weight is 1000 g/mol. The van der Waals surface area contributed by atoms with Crippen molar-refractivity contribution in [2.24, 2.45) is 0 Å². The molecule has 11 rings (SSSR count). The van der Waals surface area contributed by atoms with Gasteiger partial charge in [-0.2, -0.15) is 0 Å². The van der Waals surface area contributed by atoms with Crippen LogP contribution in [0, 0.1) is 0 Å². The van der Waals surface area contributed by atoms with Crippen LogP contribution in [0.3, 0.4) is 0 Å². The fourth-order valence-electron chi connectivity index (χ4n) is 10.9. The Morgan fingerprint density at radius 3 is 0.880 bits per heavy atom. The van der Waals surface area contributed by atoms with Crippen LogP contribution in [-0.4, -0.2) is 9.13 Å². The smallest absolute Gasteiger partial charge is 0.0544 e. The lowest BCUT2D eigenvalue weighted by Gasteiger charge is -2.30. The Hall–Kier alpha value is -7.53. The maximum absolute atomic E-state index is 7.42. The summed E-state index contributed by atoms with van der Waals surface area (Å²) >= 11 is 7.42. The van der Waals surface area contributed by atoms with E-state index in [0.717, 1.165) is 45.5 Å². The lowest BCUT2D eigenvalue weighted by molar-refractivity contribution is 0.590. The number of fused-ring (bicyclic) bond motifs is 6. The summed E-state index contributed by atoms with van der Waals surface area (Å²) in [5, 5.41) is 5.60. The van der Waals surface area contributed by atoms with E-state index < -0.39 is 0 Å². The number of hydrogen-bond donors (Lipinski definition) is 0. The van der Waals surface area contributed by atoms with Crippen LogP contribution >= 0.6 is 11.6 Å². The normalized spacial score (nSPS) is 12.6. The third kappa shape index (κ3) is 9.29. The average Bonchev–Trinajstić information content (AvgIpc) is 3.90. The number of aromatic nitrogens is 2. The van der Waals surface area contributed by atoms with Crippen LogP contribution in [0.5, 0.6) is 0 Å². The van der Waals surface area contributed by atoms with Gasteiger partial charge in [0.1, 0.15) is 0 Å². The zero-order chi connectivity index (χ0) is 52.8. The first kappa shape index (κ1) is 49.7. The molecule has 0 unspecified atom stereocenters. The fraction of sp³-hybridized carbons (Fsp3) is 0.229. The van der Waals surface area contributed by atoms with Gasteiger partial charge in [-0.1, -0.05) is 192 Å². The highest BCUT2D eigenvalue weighted by atomic mass is 35.5. The van der Waals surface area contributed by atoms with Crippen molar-refractivity contribution < 1.29 is 0 Å². The topological polar surface area (TPSA) is 16.3 Å². The highest BCUT2D eigenvalue weighted by Gasteiger charge is 2.26. The molecule has 2 heterocycles. The van der Waals surface area contributed by atoms with Gasteiger partial charge < -0.3 is 18.9 Å². The van der Waals surface area contributed by atoms with Crippen molar-refractivity contribution in [3.8, 4) is 11.4 Å². The summed E-state index contributed by atoms with van der Waals surface area (Å²) in [6.45, 7) is 27.6. The van der Waals surface area contributed by atoms with Gasteiger partial charge in [0, 0.05) is 72.1 Å². The lowest BCUT2D eigenvalue weighted by Crippen LogP contribution is -2.14. The quantitative estimate of drug-likeness (QED) is 0.151. The Balaban J connectivity index is 1.19.